The summed E-state index contributed by atoms with van der Waals surface area (Å²) in [4.78, 5) is 25.8. The number of nitrogens with one attached hydrogen (secondary N) is 1. The van der Waals surface area contributed by atoms with Crippen molar-refractivity contribution in [3.8, 4) is 0 Å². The van der Waals surface area contributed by atoms with E-state index in [4.69, 9.17) is 0 Å². The molecule has 0 bridgehead atoms. The molecule has 1 aromatic rings. The second kappa shape index (κ2) is 6.70. The Kier molecular flexibility index (Phi) is 4.94. The van der Waals surface area contributed by atoms with Crippen molar-refractivity contribution < 1.29 is 14.0 Å². The van der Waals surface area contributed by atoms with Crippen molar-refractivity contribution in [3.63, 3.8) is 0 Å². The van der Waals surface area contributed by atoms with Gasteiger partial charge in [-0.2, -0.15) is 0 Å². The number of benzene rings is 1. The first kappa shape index (κ1) is 15.5. The van der Waals surface area contributed by atoms with Crippen LogP contribution in [-0.2, 0) is 9.59 Å². The molecule has 1 N–H and O–H groups in total. The lowest BCUT2D eigenvalue weighted by molar-refractivity contribution is -0.141. The molecule has 2 rings (SSSR count). The van der Waals surface area contributed by atoms with Crippen LogP contribution in [-0.4, -0.2) is 30.3 Å². The van der Waals surface area contributed by atoms with Crippen LogP contribution in [0.15, 0.2) is 24.3 Å². The summed E-state index contributed by atoms with van der Waals surface area (Å²) in [5.74, 6) is -0.762. The molecular weight excluding hydrogens is 271 g/mol. The fourth-order valence-electron chi connectivity index (χ4n) is 2.84. The van der Waals surface area contributed by atoms with Crippen molar-refractivity contribution >= 4 is 11.8 Å². The Hall–Kier alpha value is -1.91. The van der Waals surface area contributed by atoms with Gasteiger partial charge in [-0.25, -0.2) is 4.39 Å². The molecule has 1 aliphatic rings. The van der Waals surface area contributed by atoms with Crippen LogP contribution in [0.3, 0.4) is 0 Å². The molecule has 114 valence electrons. The Morgan fingerprint density at radius 1 is 1.48 bits per heavy atom. The van der Waals surface area contributed by atoms with Crippen LogP contribution >= 0.6 is 0 Å². The Bertz CT molecular complexity index is 533. The third kappa shape index (κ3) is 3.40. The molecule has 0 aliphatic carbocycles. The maximum Gasteiger partial charge on any atom is 0.225 e. The van der Waals surface area contributed by atoms with Gasteiger partial charge in [0.25, 0.3) is 0 Å². The average molecular weight is 292 g/mol. The first-order valence-electron chi connectivity index (χ1n) is 7.33. The molecule has 21 heavy (non-hydrogen) atoms. The number of piperidine rings is 1. The van der Waals surface area contributed by atoms with Gasteiger partial charge in [0.15, 0.2) is 0 Å². The smallest absolute Gasteiger partial charge is 0.225 e. The molecule has 4 nitrogen and oxygen atoms in total. The van der Waals surface area contributed by atoms with Crippen LogP contribution in [0.4, 0.5) is 4.39 Å². The first-order valence-corrected chi connectivity index (χ1v) is 7.33. The van der Waals surface area contributed by atoms with Crippen molar-refractivity contribution in [2.45, 2.75) is 32.2 Å². The molecule has 1 aromatic carbocycles. The molecular formula is C16H21FN2O2. The molecule has 0 spiro atoms. The topological polar surface area (TPSA) is 49.4 Å². The van der Waals surface area contributed by atoms with E-state index in [2.05, 4.69) is 5.32 Å². The highest BCUT2D eigenvalue weighted by Gasteiger charge is 2.38. The molecule has 0 unspecified atom stereocenters. The molecule has 1 fully saturated rings. The second-order valence-electron chi connectivity index (χ2n) is 5.44. The van der Waals surface area contributed by atoms with Crippen molar-refractivity contribution in [2.75, 3.05) is 13.6 Å². The lowest BCUT2D eigenvalue weighted by atomic mass is 9.84. The lowest BCUT2D eigenvalue weighted by Gasteiger charge is -2.38. The van der Waals surface area contributed by atoms with Gasteiger partial charge in [-0.05, 0) is 30.5 Å². The van der Waals surface area contributed by atoms with Crippen LogP contribution in [0.2, 0.25) is 0 Å². The second-order valence-corrected chi connectivity index (χ2v) is 5.44. The molecule has 2 amide bonds. The van der Waals surface area contributed by atoms with Gasteiger partial charge in [0.05, 0.1) is 12.0 Å². The van der Waals surface area contributed by atoms with Gasteiger partial charge in [-0.3, -0.25) is 9.59 Å². The van der Waals surface area contributed by atoms with Crippen molar-refractivity contribution in [1.82, 2.24) is 10.2 Å². The number of carbonyl (C=O) groups is 2. The number of hydrogen-bond donors (Lipinski definition) is 1. The number of carbonyl (C=O) groups excluding carboxylic acids is 2. The van der Waals surface area contributed by atoms with Gasteiger partial charge >= 0.3 is 0 Å². The fraction of sp³-hybridized carbons (Fsp3) is 0.500. The standard InChI is InChI=1S/C16H21FN2O2/c1-3-9-18-16(21)13-7-8-14(20)19(2)15(13)11-5-4-6-12(17)10-11/h4-6,10,13,15H,3,7-9H2,1-2H3,(H,18,21)/t13-,15-/m0/s1. The van der Waals surface area contributed by atoms with E-state index in [1.54, 1.807) is 24.1 Å². The minimum Gasteiger partial charge on any atom is -0.356 e. The summed E-state index contributed by atoms with van der Waals surface area (Å²) in [7, 11) is 1.68. The van der Waals surface area contributed by atoms with Gasteiger partial charge < -0.3 is 10.2 Å². The number of likely N-dealkylation sites (tertiary alicyclic amines) is 1. The molecule has 1 aliphatic heterocycles. The zero-order valence-electron chi connectivity index (χ0n) is 12.4. The molecule has 2 atom stereocenters. The van der Waals surface area contributed by atoms with E-state index in [1.807, 2.05) is 6.92 Å². The zero-order chi connectivity index (χ0) is 15.4. The predicted molar refractivity (Wildman–Crippen MR) is 77.9 cm³/mol. The van der Waals surface area contributed by atoms with E-state index in [0.717, 1.165) is 6.42 Å². The average Bonchev–Trinajstić information content (AvgIpc) is 2.47. The summed E-state index contributed by atoms with van der Waals surface area (Å²) in [6.07, 6.45) is 1.71. The number of nitrogens with zero attached hydrogens (tertiary/aromatic N) is 1. The lowest BCUT2D eigenvalue weighted by Crippen LogP contribution is -2.46. The Morgan fingerprint density at radius 2 is 2.24 bits per heavy atom. The van der Waals surface area contributed by atoms with Crippen LogP contribution in [0, 0.1) is 11.7 Å². The number of rotatable bonds is 4. The van der Waals surface area contributed by atoms with Crippen molar-refractivity contribution in [2.24, 2.45) is 5.92 Å². The number of halogens is 1. The maximum atomic E-state index is 13.5. The highest BCUT2D eigenvalue weighted by molar-refractivity contribution is 5.84. The van der Waals surface area contributed by atoms with Crippen LogP contribution in [0.1, 0.15) is 37.8 Å². The monoisotopic (exact) mass is 292 g/mol. The summed E-state index contributed by atoms with van der Waals surface area (Å²) >= 11 is 0. The minimum absolute atomic E-state index is 0.0104. The Labute approximate surface area is 124 Å². The highest BCUT2D eigenvalue weighted by Crippen LogP contribution is 2.36. The summed E-state index contributed by atoms with van der Waals surface area (Å²) in [6.45, 7) is 2.60. The maximum absolute atomic E-state index is 13.5. The molecule has 1 heterocycles. The fourth-order valence-corrected chi connectivity index (χ4v) is 2.84. The largest absolute Gasteiger partial charge is 0.356 e. The Morgan fingerprint density at radius 3 is 2.90 bits per heavy atom. The van der Waals surface area contributed by atoms with Crippen LogP contribution in [0.25, 0.3) is 0 Å². The van der Waals surface area contributed by atoms with E-state index in [9.17, 15) is 14.0 Å². The summed E-state index contributed by atoms with van der Waals surface area (Å²) in [5, 5.41) is 2.88. The minimum atomic E-state index is -0.404. The van der Waals surface area contributed by atoms with Gasteiger partial charge in [0.2, 0.25) is 11.8 Å². The van der Waals surface area contributed by atoms with E-state index in [0.29, 0.717) is 24.9 Å². The molecule has 5 heteroatoms. The van der Waals surface area contributed by atoms with E-state index >= 15 is 0 Å². The predicted octanol–water partition coefficient (Wildman–Crippen LogP) is 2.26. The van der Waals surface area contributed by atoms with E-state index < -0.39 is 6.04 Å². The van der Waals surface area contributed by atoms with Gasteiger partial charge in [0, 0.05) is 20.0 Å². The normalized spacial score (nSPS) is 22.2. The summed E-state index contributed by atoms with van der Waals surface area (Å²) in [6, 6.07) is 5.74. The number of amides is 2. The molecule has 1 saturated heterocycles. The van der Waals surface area contributed by atoms with Crippen molar-refractivity contribution in [3.05, 3.63) is 35.6 Å². The highest BCUT2D eigenvalue weighted by atomic mass is 19.1. The summed E-state index contributed by atoms with van der Waals surface area (Å²) < 4.78 is 13.5. The molecule has 0 saturated carbocycles. The first-order chi connectivity index (χ1) is 10.0. The van der Waals surface area contributed by atoms with Crippen molar-refractivity contribution in [1.29, 1.82) is 0 Å². The van der Waals surface area contributed by atoms with Crippen LogP contribution in [0.5, 0.6) is 0 Å². The van der Waals surface area contributed by atoms with Gasteiger partial charge in [-0.15, -0.1) is 0 Å². The third-order valence-electron chi connectivity index (χ3n) is 3.94. The van der Waals surface area contributed by atoms with Crippen LogP contribution < -0.4 is 5.32 Å². The molecule has 0 aromatic heterocycles. The summed E-state index contributed by atoms with van der Waals surface area (Å²) in [5.41, 5.74) is 0.669. The van der Waals surface area contributed by atoms with Gasteiger partial charge in [-0.1, -0.05) is 19.1 Å². The number of hydrogen-bond acceptors (Lipinski definition) is 2. The van der Waals surface area contributed by atoms with Gasteiger partial charge in [0.1, 0.15) is 5.82 Å². The quantitative estimate of drug-likeness (QED) is 0.925. The SMILES string of the molecule is CCCNC(=O)[C@H]1CCC(=O)N(C)[C@H]1c1cccc(F)c1. The zero-order valence-corrected chi connectivity index (χ0v) is 12.4. The molecule has 0 radical (unpaired) electrons. The third-order valence-corrected chi connectivity index (χ3v) is 3.94. The van der Waals surface area contributed by atoms with E-state index in [-0.39, 0.29) is 23.5 Å². The Balaban J connectivity index is 2.29. The van der Waals surface area contributed by atoms with E-state index in [1.165, 1.54) is 12.1 Å².